The molecule has 8 nitrogen and oxygen atoms in total. The number of hydrogen-bond acceptors (Lipinski definition) is 8. The van der Waals surface area contributed by atoms with Crippen molar-refractivity contribution in [2.75, 3.05) is 18.1 Å². The maximum absolute atomic E-state index is 13.5. The van der Waals surface area contributed by atoms with Crippen molar-refractivity contribution in [2.45, 2.75) is 32.7 Å². The Morgan fingerprint density at radius 2 is 1.88 bits per heavy atom. The summed E-state index contributed by atoms with van der Waals surface area (Å²) in [5.74, 6) is -1.93. The van der Waals surface area contributed by atoms with E-state index in [-0.39, 0.29) is 22.2 Å². The highest BCUT2D eigenvalue weighted by Crippen LogP contribution is 2.43. The first kappa shape index (κ1) is 28.5. The molecule has 1 aliphatic heterocycles. The molecule has 1 aromatic heterocycles. The Morgan fingerprint density at radius 3 is 2.55 bits per heavy atom. The van der Waals surface area contributed by atoms with E-state index in [1.165, 1.54) is 17.1 Å². The predicted octanol–water partition coefficient (Wildman–Crippen LogP) is 6.16. The normalized spacial score (nSPS) is 15.1. The molecule has 0 aliphatic carbocycles. The van der Waals surface area contributed by atoms with Crippen molar-refractivity contribution in [1.82, 2.24) is 4.98 Å². The van der Waals surface area contributed by atoms with E-state index in [0.29, 0.717) is 23.6 Å². The van der Waals surface area contributed by atoms with Crippen molar-refractivity contribution in [3.63, 3.8) is 0 Å². The molecule has 0 spiro atoms. The highest BCUT2D eigenvalue weighted by molar-refractivity contribution is 7.17. The van der Waals surface area contributed by atoms with Crippen LogP contribution < -0.4 is 9.64 Å². The van der Waals surface area contributed by atoms with Gasteiger partial charge >= 0.3 is 5.97 Å². The van der Waals surface area contributed by atoms with Gasteiger partial charge in [-0.15, -0.1) is 0 Å². The summed E-state index contributed by atoms with van der Waals surface area (Å²) in [6, 6.07) is 15.3. The lowest BCUT2D eigenvalue weighted by atomic mass is 9.95. The summed E-state index contributed by atoms with van der Waals surface area (Å²) in [5, 5.41) is 11.1. The van der Waals surface area contributed by atoms with Crippen molar-refractivity contribution < 1.29 is 29.0 Å². The van der Waals surface area contributed by atoms with E-state index in [9.17, 15) is 19.5 Å². The molecular formula is C31H30N2O6S. The first-order valence-corrected chi connectivity index (χ1v) is 13.7. The summed E-state index contributed by atoms with van der Waals surface area (Å²) in [6.45, 7) is 7.85. The fourth-order valence-corrected chi connectivity index (χ4v) is 5.14. The van der Waals surface area contributed by atoms with Crippen molar-refractivity contribution in [3.05, 3.63) is 106 Å². The highest BCUT2D eigenvalue weighted by atomic mass is 32.1. The molecule has 40 heavy (non-hydrogen) atoms. The molecule has 9 heteroatoms. The van der Waals surface area contributed by atoms with Crippen molar-refractivity contribution >= 4 is 40.2 Å². The summed E-state index contributed by atoms with van der Waals surface area (Å²) < 4.78 is 10.9. The number of nitrogens with zero attached hydrogens (tertiary/aromatic N) is 2. The number of aromatic nitrogens is 1. The zero-order valence-electron chi connectivity index (χ0n) is 22.3. The van der Waals surface area contributed by atoms with Gasteiger partial charge in [-0.2, -0.15) is 0 Å². The topological polar surface area (TPSA) is 106 Å². The number of carbonyl (C=O) groups is 3. The van der Waals surface area contributed by atoms with Gasteiger partial charge in [0.2, 0.25) is 0 Å². The fourth-order valence-electron chi connectivity index (χ4n) is 4.15. The number of unbranched alkanes of at least 4 members (excludes halogenated alkanes) is 1. The third kappa shape index (κ3) is 6.21. The Bertz CT molecular complexity index is 1460. The van der Waals surface area contributed by atoms with Crippen LogP contribution in [-0.2, 0) is 14.3 Å². The minimum absolute atomic E-state index is 0.0260. The van der Waals surface area contributed by atoms with Gasteiger partial charge in [0.05, 0.1) is 23.9 Å². The smallest absolute Gasteiger partial charge is 0.350 e. The average molecular weight is 559 g/mol. The number of amides is 1. The minimum atomic E-state index is -0.979. The van der Waals surface area contributed by atoms with E-state index in [0.717, 1.165) is 29.7 Å². The van der Waals surface area contributed by atoms with Crippen molar-refractivity contribution in [2.24, 2.45) is 0 Å². The molecular weight excluding hydrogens is 528 g/mol. The SMILES string of the molecule is C=CCOC(=O)c1sc(N2C(=O)C(O)=C(C(=O)/C=C/c3ccccc3)C2c2ccc(OCCCC)cc2)nc1C. The lowest BCUT2D eigenvalue weighted by molar-refractivity contribution is -0.117. The molecule has 3 aromatic rings. The number of esters is 1. The molecule has 0 fully saturated rings. The maximum Gasteiger partial charge on any atom is 0.350 e. The number of rotatable bonds is 12. The van der Waals surface area contributed by atoms with E-state index in [1.807, 2.05) is 30.3 Å². The molecule has 0 saturated heterocycles. The van der Waals surface area contributed by atoms with Crippen molar-refractivity contribution in [1.29, 1.82) is 0 Å². The molecule has 1 atom stereocenters. The standard InChI is InChI=1S/C31H30N2O6S/c1-4-6-19-38-23-15-13-22(14-16-23)26-25(24(34)17-12-21-10-8-7-9-11-21)27(35)29(36)33(26)31-32-20(3)28(40-31)30(37)39-18-5-2/h5,7-17,26,35H,2,4,6,18-19H2,1,3H3/b17-12+. The van der Waals surface area contributed by atoms with Gasteiger partial charge in [0.1, 0.15) is 17.2 Å². The average Bonchev–Trinajstić information content (AvgIpc) is 3.47. The number of thiazole rings is 1. The van der Waals surface area contributed by atoms with Gasteiger partial charge in [0, 0.05) is 0 Å². The Morgan fingerprint density at radius 1 is 1.15 bits per heavy atom. The summed E-state index contributed by atoms with van der Waals surface area (Å²) in [5.41, 5.74) is 1.64. The second-order valence-corrected chi connectivity index (χ2v) is 9.99. The van der Waals surface area contributed by atoms with Crippen LogP contribution in [0.4, 0.5) is 5.13 Å². The van der Waals surface area contributed by atoms with E-state index in [4.69, 9.17) is 9.47 Å². The lowest BCUT2D eigenvalue weighted by Crippen LogP contribution is -2.30. The molecule has 1 N–H and O–H groups in total. The monoisotopic (exact) mass is 558 g/mol. The number of aryl methyl sites for hydroxylation is 1. The van der Waals surface area contributed by atoms with Crippen LogP contribution >= 0.6 is 11.3 Å². The van der Waals surface area contributed by atoms with Crippen LogP contribution in [0.3, 0.4) is 0 Å². The summed E-state index contributed by atoms with van der Waals surface area (Å²) >= 11 is 0.954. The largest absolute Gasteiger partial charge is 0.503 e. The molecule has 2 heterocycles. The summed E-state index contributed by atoms with van der Waals surface area (Å²) in [6.07, 6.45) is 6.32. The third-order valence-electron chi connectivity index (χ3n) is 6.17. The van der Waals surface area contributed by atoms with Gasteiger partial charge in [-0.3, -0.25) is 14.5 Å². The van der Waals surface area contributed by atoms with Crippen LogP contribution in [0.5, 0.6) is 5.75 Å². The molecule has 0 bridgehead atoms. The number of ketones is 1. The first-order chi connectivity index (χ1) is 19.3. The second-order valence-electron chi connectivity index (χ2n) is 9.02. The number of carbonyl (C=O) groups excluding carboxylic acids is 3. The molecule has 4 rings (SSSR count). The molecule has 0 radical (unpaired) electrons. The molecule has 206 valence electrons. The Balaban J connectivity index is 1.73. The van der Waals surface area contributed by atoms with E-state index < -0.39 is 29.5 Å². The molecule has 2 aromatic carbocycles. The van der Waals surface area contributed by atoms with Crippen LogP contribution in [0.1, 0.15) is 52.3 Å². The minimum Gasteiger partial charge on any atom is -0.503 e. The van der Waals surface area contributed by atoms with E-state index in [1.54, 1.807) is 37.3 Å². The molecule has 0 saturated carbocycles. The van der Waals surface area contributed by atoms with Crippen LogP contribution in [-0.4, -0.2) is 41.0 Å². The number of aliphatic hydroxyl groups excluding tert-OH is 1. The lowest BCUT2D eigenvalue weighted by Gasteiger charge is -2.24. The van der Waals surface area contributed by atoms with Crippen LogP contribution in [0, 0.1) is 6.92 Å². The predicted molar refractivity (Wildman–Crippen MR) is 155 cm³/mol. The maximum atomic E-state index is 13.5. The molecule has 1 amide bonds. The number of allylic oxidation sites excluding steroid dienone is 1. The third-order valence-corrected chi connectivity index (χ3v) is 7.31. The Kier molecular flexibility index (Phi) is 9.29. The van der Waals surface area contributed by atoms with Crippen LogP contribution in [0.2, 0.25) is 0 Å². The number of hydrogen-bond donors (Lipinski definition) is 1. The summed E-state index contributed by atoms with van der Waals surface area (Å²) in [4.78, 5) is 45.4. The van der Waals surface area contributed by atoms with Crippen LogP contribution in [0.25, 0.3) is 6.08 Å². The number of anilines is 1. The summed E-state index contributed by atoms with van der Waals surface area (Å²) in [7, 11) is 0. The highest BCUT2D eigenvalue weighted by Gasteiger charge is 2.45. The number of benzene rings is 2. The quantitative estimate of drug-likeness (QED) is 0.123. The van der Waals surface area contributed by atoms with Gasteiger partial charge in [0.15, 0.2) is 16.7 Å². The van der Waals surface area contributed by atoms with Gasteiger partial charge in [-0.05, 0) is 42.7 Å². The van der Waals surface area contributed by atoms with Gasteiger partial charge in [0.25, 0.3) is 5.91 Å². The van der Waals surface area contributed by atoms with Gasteiger partial charge in [-0.25, -0.2) is 9.78 Å². The number of aliphatic hydroxyl groups is 1. The molecule has 1 aliphatic rings. The van der Waals surface area contributed by atoms with Crippen molar-refractivity contribution in [3.8, 4) is 5.75 Å². The van der Waals surface area contributed by atoms with Gasteiger partial charge in [-0.1, -0.05) is 85.9 Å². The Labute approximate surface area is 236 Å². The van der Waals surface area contributed by atoms with Gasteiger partial charge < -0.3 is 14.6 Å². The second kappa shape index (κ2) is 13.0. The Hall–Kier alpha value is -4.50. The van der Waals surface area contributed by atoms with E-state index in [2.05, 4.69) is 18.5 Å². The zero-order valence-corrected chi connectivity index (χ0v) is 23.1. The number of ether oxygens (including phenoxy) is 2. The van der Waals surface area contributed by atoms with E-state index >= 15 is 0 Å². The zero-order chi connectivity index (χ0) is 28.6. The first-order valence-electron chi connectivity index (χ1n) is 12.9. The molecule has 1 unspecified atom stereocenters. The van der Waals surface area contributed by atoms with Crippen LogP contribution in [0.15, 0.2) is 84.7 Å². The fraction of sp³-hybridized carbons (Fsp3) is 0.226.